The zero-order chi connectivity index (χ0) is 15.3. The summed E-state index contributed by atoms with van der Waals surface area (Å²) >= 11 is 0. The van der Waals surface area contributed by atoms with E-state index in [-0.39, 0.29) is 11.4 Å². The van der Waals surface area contributed by atoms with Crippen LogP contribution in [0.15, 0.2) is 23.1 Å². The van der Waals surface area contributed by atoms with Gasteiger partial charge in [-0.1, -0.05) is 6.92 Å². The number of benzene rings is 1. The van der Waals surface area contributed by atoms with Crippen LogP contribution in [0, 0.1) is 15.9 Å². The molecule has 0 aromatic heterocycles. The number of nitrogens with one attached hydrogen (secondary N) is 1. The number of nitro groups is 1. The Morgan fingerprint density at radius 1 is 1.45 bits per heavy atom. The Balaban J connectivity index is 2.83. The molecule has 0 saturated carbocycles. The number of rotatable bonds is 7. The maximum atomic E-state index is 13.4. The molecule has 0 amide bonds. The summed E-state index contributed by atoms with van der Waals surface area (Å²) in [6, 6.07) is 2.49. The van der Waals surface area contributed by atoms with Gasteiger partial charge in [0.25, 0.3) is 0 Å². The Kier molecular flexibility index (Phi) is 5.54. The highest BCUT2D eigenvalue weighted by Gasteiger charge is 2.20. The summed E-state index contributed by atoms with van der Waals surface area (Å²) < 4.78 is 39.4. The molecule has 0 bridgehead atoms. The number of sulfonamides is 1. The standard InChI is InChI=1S/C11H16FN3O4S/c1-3-14(2)7-6-13-20(18,19)9-4-5-11(15(16)17)10(12)8-9/h4-5,8,13H,3,6-7H2,1-2H3. The topological polar surface area (TPSA) is 92.6 Å². The minimum Gasteiger partial charge on any atom is -0.305 e. The fourth-order valence-electron chi connectivity index (χ4n) is 1.42. The minimum atomic E-state index is -3.87. The van der Waals surface area contributed by atoms with Crippen molar-refractivity contribution in [1.29, 1.82) is 0 Å². The van der Waals surface area contributed by atoms with E-state index >= 15 is 0 Å². The molecule has 7 nitrogen and oxygen atoms in total. The lowest BCUT2D eigenvalue weighted by atomic mass is 10.3. The third kappa shape index (κ3) is 4.22. The molecule has 0 aliphatic carbocycles. The van der Waals surface area contributed by atoms with Crippen LogP contribution in [0.4, 0.5) is 10.1 Å². The molecule has 20 heavy (non-hydrogen) atoms. The summed E-state index contributed by atoms with van der Waals surface area (Å²) in [7, 11) is -2.04. The van der Waals surface area contributed by atoms with Gasteiger partial charge in [-0.05, 0) is 19.7 Å². The van der Waals surface area contributed by atoms with Crippen LogP contribution in [0.5, 0.6) is 0 Å². The summed E-state index contributed by atoms with van der Waals surface area (Å²) in [5.41, 5.74) is -0.755. The van der Waals surface area contributed by atoms with E-state index in [1.807, 2.05) is 18.9 Å². The molecule has 0 fully saturated rings. The number of nitro benzene ring substituents is 1. The molecule has 0 atom stereocenters. The predicted molar refractivity (Wildman–Crippen MR) is 71.4 cm³/mol. The van der Waals surface area contributed by atoms with E-state index in [1.54, 1.807) is 0 Å². The molecule has 1 aromatic carbocycles. The van der Waals surface area contributed by atoms with Crippen LogP contribution in [0.25, 0.3) is 0 Å². The van der Waals surface area contributed by atoms with Crippen LogP contribution >= 0.6 is 0 Å². The lowest BCUT2D eigenvalue weighted by Crippen LogP contribution is -2.32. The van der Waals surface area contributed by atoms with Crippen molar-refractivity contribution in [2.24, 2.45) is 0 Å². The second-order valence-corrected chi connectivity index (χ2v) is 5.93. The Hall–Kier alpha value is -1.58. The van der Waals surface area contributed by atoms with Crippen molar-refractivity contribution >= 4 is 15.7 Å². The SMILES string of the molecule is CCN(C)CCNS(=O)(=O)c1ccc([N+](=O)[O-])c(F)c1. The van der Waals surface area contributed by atoms with Crippen molar-refractivity contribution in [3.63, 3.8) is 0 Å². The highest BCUT2D eigenvalue weighted by molar-refractivity contribution is 7.89. The van der Waals surface area contributed by atoms with Crippen LogP contribution in [-0.2, 0) is 10.0 Å². The van der Waals surface area contributed by atoms with Gasteiger partial charge in [-0.15, -0.1) is 0 Å². The summed E-state index contributed by atoms with van der Waals surface area (Å²) in [4.78, 5) is 11.1. The fraction of sp³-hybridized carbons (Fsp3) is 0.455. The van der Waals surface area contributed by atoms with Crippen molar-refractivity contribution in [2.75, 3.05) is 26.7 Å². The second-order valence-electron chi connectivity index (χ2n) is 4.16. The van der Waals surface area contributed by atoms with E-state index in [0.717, 1.165) is 18.7 Å². The molecule has 0 radical (unpaired) electrons. The lowest BCUT2D eigenvalue weighted by molar-refractivity contribution is -0.387. The second kappa shape index (κ2) is 6.73. The predicted octanol–water partition coefficient (Wildman–Crippen LogP) is 0.964. The lowest BCUT2D eigenvalue weighted by Gasteiger charge is -2.14. The van der Waals surface area contributed by atoms with Crippen molar-refractivity contribution in [1.82, 2.24) is 9.62 Å². The molecule has 0 aliphatic rings. The number of hydrogen-bond acceptors (Lipinski definition) is 5. The first-order valence-corrected chi connectivity index (χ1v) is 7.38. The van der Waals surface area contributed by atoms with E-state index in [9.17, 15) is 22.9 Å². The number of nitrogens with zero attached hydrogens (tertiary/aromatic N) is 2. The average Bonchev–Trinajstić information content (AvgIpc) is 2.37. The molecule has 1 rings (SSSR count). The van der Waals surface area contributed by atoms with Gasteiger partial charge in [0.1, 0.15) is 0 Å². The Morgan fingerprint density at radius 3 is 2.60 bits per heavy atom. The first-order valence-electron chi connectivity index (χ1n) is 5.90. The van der Waals surface area contributed by atoms with Gasteiger partial charge in [0.05, 0.1) is 9.82 Å². The monoisotopic (exact) mass is 305 g/mol. The normalized spacial score (nSPS) is 11.8. The quantitative estimate of drug-likeness (QED) is 0.598. The molecule has 112 valence electrons. The maximum Gasteiger partial charge on any atom is 0.304 e. The van der Waals surface area contributed by atoms with Gasteiger partial charge in [-0.3, -0.25) is 10.1 Å². The molecule has 0 heterocycles. The Bertz CT molecular complexity index is 591. The van der Waals surface area contributed by atoms with Crippen LogP contribution in [0.3, 0.4) is 0 Å². The van der Waals surface area contributed by atoms with Crippen molar-refractivity contribution < 1.29 is 17.7 Å². The molecule has 1 aromatic rings. The third-order valence-electron chi connectivity index (χ3n) is 2.75. The summed E-state index contributed by atoms with van der Waals surface area (Å²) in [5, 5.41) is 10.5. The third-order valence-corrected chi connectivity index (χ3v) is 4.21. The summed E-state index contributed by atoms with van der Waals surface area (Å²) in [6.07, 6.45) is 0. The minimum absolute atomic E-state index is 0.172. The van der Waals surface area contributed by atoms with Crippen molar-refractivity contribution in [3.8, 4) is 0 Å². The van der Waals surface area contributed by atoms with Crippen LogP contribution < -0.4 is 4.72 Å². The van der Waals surface area contributed by atoms with E-state index in [2.05, 4.69) is 4.72 Å². The summed E-state index contributed by atoms with van der Waals surface area (Å²) in [5.74, 6) is -1.18. The smallest absolute Gasteiger partial charge is 0.304 e. The van der Waals surface area contributed by atoms with Crippen LogP contribution in [0.1, 0.15) is 6.92 Å². The van der Waals surface area contributed by atoms with Crippen molar-refractivity contribution in [3.05, 3.63) is 34.1 Å². The van der Waals surface area contributed by atoms with Gasteiger partial charge in [-0.25, -0.2) is 13.1 Å². The van der Waals surface area contributed by atoms with Gasteiger partial charge in [0.15, 0.2) is 0 Å². The maximum absolute atomic E-state index is 13.4. The first-order chi connectivity index (χ1) is 9.27. The molecule has 0 aliphatic heterocycles. The highest BCUT2D eigenvalue weighted by Crippen LogP contribution is 2.20. The van der Waals surface area contributed by atoms with E-state index in [1.165, 1.54) is 0 Å². The zero-order valence-corrected chi connectivity index (χ0v) is 12.0. The van der Waals surface area contributed by atoms with E-state index < -0.39 is 26.5 Å². The van der Waals surface area contributed by atoms with Gasteiger partial charge in [0.2, 0.25) is 15.8 Å². The zero-order valence-electron chi connectivity index (χ0n) is 11.2. The number of likely N-dealkylation sites (N-methyl/N-ethyl adjacent to an activating group) is 1. The van der Waals surface area contributed by atoms with Crippen LogP contribution in [-0.4, -0.2) is 44.9 Å². The average molecular weight is 305 g/mol. The molecule has 0 saturated heterocycles. The Labute approximate surface area is 116 Å². The van der Waals surface area contributed by atoms with Gasteiger partial charge in [-0.2, -0.15) is 4.39 Å². The van der Waals surface area contributed by atoms with Crippen molar-refractivity contribution in [2.45, 2.75) is 11.8 Å². The Morgan fingerprint density at radius 2 is 2.10 bits per heavy atom. The molecule has 0 spiro atoms. The molecular weight excluding hydrogens is 289 g/mol. The summed E-state index contributed by atoms with van der Waals surface area (Å²) in [6.45, 7) is 3.38. The van der Waals surface area contributed by atoms with Gasteiger partial charge in [0, 0.05) is 25.2 Å². The van der Waals surface area contributed by atoms with Gasteiger partial charge >= 0.3 is 5.69 Å². The number of halogens is 1. The van der Waals surface area contributed by atoms with Crippen LogP contribution in [0.2, 0.25) is 0 Å². The first kappa shape index (κ1) is 16.5. The molecular formula is C11H16FN3O4S. The number of hydrogen-bond donors (Lipinski definition) is 1. The molecule has 0 unspecified atom stereocenters. The fourth-order valence-corrected chi connectivity index (χ4v) is 2.45. The van der Waals surface area contributed by atoms with E-state index in [0.29, 0.717) is 12.6 Å². The van der Waals surface area contributed by atoms with Gasteiger partial charge < -0.3 is 4.90 Å². The molecule has 1 N–H and O–H groups in total. The largest absolute Gasteiger partial charge is 0.305 e. The highest BCUT2D eigenvalue weighted by atomic mass is 32.2. The van der Waals surface area contributed by atoms with E-state index in [4.69, 9.17) is 0 Å². The molecule has 9 heteroatoms.